The average Bonchev–Trinajstić information content (AvgIpc) is 2.78. The number of hydrogen-bond donors (Lipinski definition) is 0. The first-order chi connectivity index (χ1) is 4.95. The van der Waals surface area contributed by atoms with E-state index < -0.39 is 0 Å². The summed E-state index contributed by atoms with van der Waals surface area (Å²) < 4.78 is 0. The highest BCUT2D eigenvalue weighted by atomic mass is 14.4. The smallest absolute Gasteiger partial charge is 0.0197 e. The van der Waals surface area contributed by atoms with Crippen LogP contribution in [0.1, 0.15) is 38.5 Å². The van der Waals surface area contributed by atoms with E-state index in [-0.39, 0.29) is 0 Å². The highest BCUT2D eigenvalue weighted by molar-refractivity contribution is 5.33. The molecule has 0 aromatic heterocycles. The molecular formula is C10H14. The van der Waals surface area contributed by atoms with Gasteiger partial charge in [0.05, 0.1) is 0 Å². The normalized spacial score (nSPS) is 30.6. The molecule has 0 aromatic carbocycles. The zero-order chi connectivity index (χ0) is 6.55. The molecule has 0 bridgehead atoms. The summed E-state index contributed by atoms with van der Waals surface area (Å²) in [6, 6.07) is 0. The van der Waals surface area contributed by atoms with Crippen molar-refractivity contribution in [2.24, 2.45) is 11.8 Å². The number of rotatable bonds is 2. The molecule has 3 aliphatic rings. The van der Waals surface area contributed by atoms with Crippen LogP contribution in [0.3, 0.4) is 0 Å². The van der Waals surface area contributed by atoms with Crippen molar-refractivity contribution in [2.45, 2.75) is 38.5 Å². The molecule has 0 saturated heterocycles. The molecule has 0 N–H and O–H groups in total. The van der Waals surface area contributed by atoms with Crippen molar-refractivity contribution in [3.05, 3.63) is 11.1 Å². The molecule has 0 heterocycles. The summed E-state index contributed by atoms with van der Waals surface area (Å²) in [4.78, 5) is 0. The molecule has 3 rings (SSSR count). The van der Waals surface area contributed by atoms with Gasteiger partial charge in [-0.1, -0.05) is 11.1 Å². The fourth-order valence-electron chi connectivity index (χ4n) is 2.05. The van der Waals surface area contributed by atoms with Crippen LogP contribution in [-0.4, -0.2) is 0 Å². The fourth-order valence-corrected chi connectivity index (χ4v) is 2.05. The van der Waals surface area contributed by atoms with Gasteiger partial charge in [0.15, 0.2) is 0 Å². The molecule has 3 saturated carbocycles. The van der Waals surface area contributed by atoms with E-state index in [1.165, 1.54) is 38.5 Å². The van der Waals surface area contributed by atoms with Crippen molar-refractivity contribution in [3.63, 3.8) is 0 Å². The van der Waals surface area contributed by atoms with Crippen LogP contribution in [0.25, 0.3) is 0 Å². The van der Waals surface area contributed by atoms with Crippen LogP contribution >= 0.6 is 0 Å². The molecule has 0 atom stereocenters. The van der Waals surface area contributed by atoms with Gasteiger partial charge in [0.25, 0.3) is 0 Å². The Kier molecular flexibility index (Phi) is 0.898. The lowest BCUT2D eigenvalue weighted by atomic mass is 10.1. The van der Waals surface area contributed by atoms with Crippen molar-refractivity contribution in [1.82, 2.24) is 0 Å². The molecule has 0 unspecified atom stereocenters. The zero-order valence-corrected chi connectivity index (χ0v) is 6.40. The second-order valence-corrected chi connectivity index (χ2v) is 4.11. The first-order valence-corrected chi connectivity index (χ1v) is 4.67. The quantitative estimate of drug-likeness (QED) is 0.509. The Bertz CT molecular complexity index is 172. The lowest BCUT2D eigenvalue weighted by Crippen LogP contribution is -1.87. The van der Waals surface area contributed by atoms with Crippen LogP contribution in [0.15, 0.2) is 11.1 Å². The van der Waals surface area contributed by atoms with Gasteiger partial charge in [-0.3, -0.25) is 0 Å². The molecule has 54 valence electrons. The molecule has 0 amide bonds. The summed E-state index contributed by atoms with van der Waals surface area (Å²) in [5.41, 5.74) is 3.81. The van der Waals surface area contributed by atoms with Crippen LogP contribution in [0.5, 0.6) is 0 Å². The predicted molar refractivity (Wildman–Crippen MR) is 41.7 cm³/mol. The second kappa shape index (κ2) is 1.66. The minimum atomic E-state index is 1.09. The molecule has 0 aromatic rings. The fraction of sp³-hybridized carbons (Fsp3) is 0.800. The van der Waals surface area contributed by atoms with E-state index in [1.54, 1.807) is 0 Å². The topological polar surface area (TPSA) is 0 Å². The molecule has 3 fully saturated rings. The van der Waals surface area contributed by atoms with Crippen molar-refractivity contribution < 1.29 is 0 Å². The lowest BCUT2D eigenvalue weighted by molar-refractivity contribution is 0.849. The molecule has 3 aliphatic carbocycles. The zero-order valence-electron chi connectivity index (χ0n) is 6.40. The van der Waals surface area contributed by atoms with Crippen LogP contribution in [0.2, 0.25) is 0 Å². The van der Waals surface area contributed by atoms with Gasteiger partial charge >= 0.3 is 0 Å². The van der Waals surface area contributed by atoms with Crippen molar-refractivity contribution in [3.8, 4) is 0 Å². The van der Waals surface area contributed by atoms with Crippen molar-refractivity contribution >= 4 is 0 Å². The van der Waals surface area contributed by atoms with Gasteiger partial charge in [0.1, 0.15) is 0 Å². The van der Waals surface area contributed by atoms with E-state index >= 15 is 0 Å². The van der Waals surface area contributed by atoms with E-state index in [4.69, 9.17) is 0 Å². The molecule has 0 spiro atoms. The van der Waals surface area contributed by atoms with Gasteiger partial charge in [-0.25, -0.2) is 0 Å². The maximum absolute atomic E-state index is 1.94. The summed E-state index contributed by atoms with van der Waals surface area (Å²) in [5, 5.41) is 0. The molecule has 0 radical (unpaired) electrons. The Balaban J connectivity index is 1.88. The summed E-state index contributed by atoms with van der Waals surface area (Å²) in [6.07, 6.45) is 9.01. The third kappa shape index (κ3) is 0.817. The van der Waals surface area contributed by atoms with E-state index in [0.29, 0.717) is 0 Å². The highest BCUT2D eigenvalue weighted by Crippen LogP contribution is 2.54. The molecule has 0 nitrogen and oxygen atoms in total. The molecule has 0 heteroatoms. The van der Waals surface area contributed by atoms with Crippen molar-refractivity contribution in [1.29, 1.82) is 0 Å². The first kappa shape index (κ1) is 5.40. The number of hydrogen-bond acceptors (Lipinski definition) is 0. The highest BCUT2D eigenvalue weighted by Gasteiger charge is 2.39. The Hall–Kier alpha value is -0.260. The Morgan fingerprint density at radius 3 is 1.70 bits per heavy atom. The first-order valence-electron chi connectivity index (χ1n) is 4.67. The van der Waals surface area contributed by atoms with Crippen LogP contribution < -0.4 is 0 Å². The third-order valence-electron chi connectivity index (χ3n) is 2.94. The summed E-state index contributed by atoms with van der Waals surface area (Å²) >= 11 is 0. The summed E-state index contributed by atoms with van der Waals surface area (Å²) in [7, 11) is 0. The second-order valence-electron chi connectivity index (χ2n) is 4.11. The number of allylic oxidation sites excluding steroid dienone is 2. The van der Waals surface area contributed by atoms with Gasteiger partial charge < -0.3 is 0 Å². The minimum Gasteiger partial charge on any atom is -0.0698 e. The standard InChI is InChI=1S/C10H14/c1-2-7(1)10(8-3-4-8)9-5-6-9/h7-8H,1-6H2. The van der Waals surface area contributed by atoms with E-state index in [2.05, 4.69) is 0 Å². The third-order valence-corrected chi connectivity index (χ3v) is 2.94. The van der Waals surface area contributed by atoms with Gasteiger partial charge in [-0.15, -0.1) is 0 Å². The van der Waals surface area contributed by atoms with Crippen LogP contribution in [-0.2, 0) is 0 Å². The van der Waals surface area contributed by atoms with E-state index in [0.717, 1.165) is 11.8 Å². The van der Waals surface area contributed by atoms with Crippen LogP contribution in [0, 0.1) is 11.8 Å². The van der Waals surface area contributed by atoms with Crippen molar-refractivity contribution in [2.75, 3.05) is 0 Å². The van der Waals surface area contributed by atoms with Crippen LogP contribution in [0.4, 0.5) is 0 Å². The Morgan fingerprint density at radius 1 is 0.900 bits per heavy atom. The average molecular weight is 134 g/mol. The lowest BCUT2D eigenvalue weighted by Gasteiger charge is -2.00. The summed E-state index contributed by atoms with van der Waals surface area (Å²) in [6.45, 7) is 0. The van der Waals surface area contributed by atoms with Gasteiger partial charge in [-0.2, -0.15) is 0 Å². The van der Waals surface area contributed by atoms with E-state index in [9.17, 15) is 0 Å². The minimum absolute atomic E-state index is 1.09. The maximum Gasteiger partial charge on any atom is -0.0197 e. The van der Waals surface area contributed by atoms with Gasteiger partial charge in [0.2, 0.25) is 0 Å². The SMILES string of the molecule is C1CC1=C(C1CC1)C1CC1. The Morgan fingerprint density at radius 2 is 1.40 bits per heavy atom. The Labute approximate surface area is 62.3 Å². The maximum atomic E-state index is 1.94. The molecule has 10 heavy (non-hydrogen) atoms. The monoisotopic (exact) mass is 134 g/mol. The molecular weight excluding hydrogens is 120 g/mol. The summed E-state index contributed by atoms with van der Waals surface area (Å²) in [5.74, 6) is 2.18. The van der Waals surface area contributed by atoms with Gasteiger partial charge in [-0.05, 0) is 50.4 Å². The largest absolute Gasteiger partial charge is 0.0698 e. The van der Waals surface area contributed by atoms with Gasteiger partial charge in [0, 0.05) is 0 Å². The predicted octanol–water partition coefficient (Wildman–Crippen LogP) is 2.90. The molecule has 0 aliphatic heterocycles. The van der Waals surface area contributed by atoms with E-state index in [1.807, 2.05) is 11.1 Å².